The van der Waals surface area contributed by atoms with Gasteiger partial charge < -0.3 is 10.1 Å². The van der Waals surface area contributed by atoms with Crippen molar-refractivity contribution in [2.75, 3.05) is 11.9 Å². The summed E-state index contributed by atoms with van der Waals surface area (Å²) in [4.78, 5) is 10.6. The number of rotatable bonds is 6. The smallest absolute Gasteiger partial charge is 0.292 e. The third-order valence-corrected chi connectivity index (χ3v) is 3.02. The zero-order valence-electron chi connectivity index (χ0n) is 12.1. The third-order valence-electron chi connectivity index (χ3n) is 3.02. The molecular formula is C16H18N2O3. The topological polar surface area (TPSA) is 64.4 Å². The van der Waals surface area contributed by atoms with Crippen LogP contribution in [0.3, 0.4) is 0 Å². The van der Waals surface area contributed by atoms with Gasteiger partial charge in [-0.2, -0.15) is 0 Å². The maximum absolute atomic E-state index is 11.0. The molecule has 0 fully saturated rings. The summed E-state index contributed by atoms with van der Waals surface area (Å²) in [6, 6.07) is 12.8. The van der Waals surface area contributed by atoms with Crippen LogP contribution in [0.5, 0.6) is 5.75 Å². The number of anilines is 1. The molecule has 110 valence electrons. The molecule has 0 aliphatic rings. The van der Waals surface area contributed by atoms with Gasteiger partial charge in [0.1, 0.15) is 18.0 Å². The minimum absolute atomic E-state index is 0.0798. The summed E-state index contributed by atoms with van der Waals surface area (Å²) >= 11 is 0. The van der Waals surface area contributed by atoms with Crippen LogP contribution >= 0.6 is 0 Å². The fourth-order valence-electron chi connectivity index (χ4n) is 2.04. The highest BCUT2D eigenvalue weighted by molar-refractivity contribution is 5.62. The van der Waals surface area contributed by atoms with Crippen molar-refractivity contribution in [2.45, 2.75) is 20.5 Å². The van der Waals surface area contributed by atoms with Gasteiger partial charge in [-0.05, 0) is 49.2 Å². The molecule has 0 saturated heterocycles. The molecule has 2 aromatic rings. The van der Waals surface area contributed by atoms with Crippen molar-refractivity contribution < 1.29 is 9.66 Å². The van der Waals surface area contributed by atoms with Crippen LogP contribution in [0.25, 0.3) is 0 Å². The molecule has 0 radical (unpaired) electrons. The third kappa shape index (κ3) is 3.95. The maximum atomic E-state index is 11.0. The first kappa shape index (κ1) is 14.8. The van der Waals surface area contributed by atoms with E-state index in [1.807, 2.05) is 38.1 Å². The number of hydrogen-bond acceptors (Lipinski definition) is 4. The Morgan fingerprint density at radius 3 is 2.71 bits per heavy atom. The summed E-state index contributed by atoms with van der Waals surface area (Å²) in [6.45, 7) is 4.91. The predicted molar refractivity (Wildman–Crippen MR) is 82.8 cm³/mol. The highest BCUT2D eigenvalue weighted by Crippen LogP contribution is 2.26. The van der Waals surface area contributed by atoms with Gasteiger partial charge >= 0.3 is 0 Å². The zero-order valence-corrected chi connectivity index (χ0v) is 12.1. The number of benzene rings is 2. The van der Waals surface area contributed by atoms with Gasteiger partial charge in [0.25, 0.3) is 5.69 Å². The van der Waals surface area contributed by atoms with Gasteiger partial charge in [0.2, 0.25) is 0 Å². The summed E-state index contributed by atoms with van der Waals surface area (Å²) in [6.07, 6.45) is 0. The van der Waals surface area contributed by atoms with Crippen molar-refractivity contribution in [3.05, 3.63) is 63.7 Å². The van der Waals surface area contributed by atoms with E-state index in [9.17, 15) is 10.1 Å². The first-order valence-electron chi connectivity index (χ1n) is 6.81. The van der Waals surface area contributed by atoms with Gasteiger partial charge in [0.15, 0.2) is 0 Å². The molecule has 0 aromatic heterocycles. The lowest BCUT2D eigenvalue weighted by atomic mass is 10.1. The Balaban J connectivity index is 2.13. The van der Waals surface area contributed by atoms with E-state index >= 15 is 0 Å². The number of aryl methyl sites for hydroxylation is 1. The lowest BCUT2D eigenvalue weighted by Crippen LogP contribution is -2.03. The Kier molecular flexibility index (Phi) is 4.77. The molecule has 0 aliphatic heterocycles. The SMILES string of the molecule is CCNc1cc(COc2cccc(C)c2)ccc1[N+](=O)[O-]. The quantitative estimate of drug-likeness (QED) is 0.646. The molecule has 0 aliphatic carbocycles. The van der Waals surface area contributed by atoms with Crippen LogP contribution in [0.4, 0.5) is 11.4 Å². The summed E-state index contributed by atoms with van der Waals surface area (Å²) in [5.74, 6) is 0.790. The predicted octanol–water partition coefficient (Wildman–Crippen LogP) is 3.91. The fourth-order valence-corrected chi connectivity index (χ4v) is 2.04. The van der Waals surface area contributed by atoms with Crippen LogP contribution in [-0.4, -0.2) is 11.5 Å². The minimum Gasteiger partial charge on any atom is -0.489 e. The second-order valence-electron chi connectivity index (χ2n) is 4.74. The molecule has 0 heterocycles. The molecule has 0 bridgehead atoms. The van der Waals surface area contributed by atoms with Gasteiger partial charge in [-0.25, -0.2) is 0 Å². The molecule has 5 heteroatoms. The Hall–Kier alpha value is -2.56. The van der Waals surface area contributed by atoms with E-state index in [2.05, 4.69) is 5.32 Å². The summed E-state index contributed by atoms with van der Waals surface area (Å²) < 4.78 is 5.71. The fraction of sp³-hybridized carbons (Fsp3) is 0.250. The standard InChI is InChI=1S/C16H18N2O3/c1-3-17-15-10-13(7-8-16(15)18(19)20)11-21-14-6-4-5-12(2)9-14/h4-10,17H,3,11H2,1-2H3. The second-order valence-corrected chi connectivity index (χ2v) is 4.74. The largest absolute Gasteiger partial charge is 0.489 e. The molecular weight excluding hydrogens is 268 g/mol. The number of nitrogens with zero attached hydrogens (tertiary/aromatic N) is 1. The number of nitro benzene ring substituents is 1. The molecule has 0 unspecified atom stereocenters. The van der Waals surface area contributed by atoms with Gasteiger partial charge in [0.05, 0.1) is 4.92 Å². The van der Waals surface area contributed by atoms with Gasteiger partial charge in [-0.1, -0.05) is 12.1 Å². The molecule has 0 atom stereocenters. The van der Waals surface area contributed by atoms with Crippen molar-refractivity contribution in [1.82, 2.24) is 0 Å². The average Bonchev–Trinajstić information content (AvgIpc) is 2.45. The molecule has 2 rings (SSSR count). The average molecular weight is 286 g/mol. The van der Waals surface area contributed by atoms with Crippen LogP contribution in [0.2, 0.25) is 0 Å². The first-order chi connectivity index (χ1) is 10.1. The number of nitro groups is 1. The molecule has 21 heavy (non-hydrogen) atoms. The first-order valence-corrected chi connectivity index (χ1v) is 6.81. The number of nitrogens with one attached hydrogen (secondary N) is 1. The van der Waals surface area contributed by atoms with Crippen molar-refractivity contribution in [3.8, 4) is 5.75 Å². The van der Waals surface area contributed by atoms with Gasteiger partial charge in [-0.15, -0.1) is 0 Å². The van der Waals surface area contributed by atoms with Crippen LogP contribution in [-0.2, 0) is 6.61 Å². The highest BCUT2D eigenvalue weighted by Gasteiger charge is 2.13. The monoisotopic (exact) mass is 286 g/mol. The van der Waals surface area contributed by atoms with E-state index in [4.69, 9.17) is 4.74 Å². The molecule has 0 spiro atoms. The maximum Gasteiger partial charge on any atom is 0.292 e. The van der Waals surface area contributed by atoms with Crippen molar-refractivity contribution in [2.24, 2.45) is 0 Å². The molecule has 5 nitrogen and oxygen atoms in total. The lowest BCUT2D eigenvalue weighted by molar-refractivity contribution is -0.384. The molecule has 1 N–H and O–H groups in total. The van der Waals surface area contributed by atoms with Gasteiger partial charge in [0, 0.05) is 12.6 Å². The van der Waals surface area contributed by atoms with E-state index < -0.39 is 0 Å². The van der Waals surface area contributed by atoms with Crippen LogP contribution in [0.1, 0.15) is 18.1 Å². The molecule has 2 aromatic carbocycles. The van der Waals surface area contributed by atoms with Crippen molar-refractivity contribution in [1.29, 1.82) is 0 Å². The molecule has 0 amide bonds. The minimum atomic E-state index is -0.386. The Bertz CT molecular complexity index is 641. The second kappa shape index (κ2) is 6.74. The van der Waals surface area contributed by atoms with Crippen LogP contribution in [0, 0.1) is 17.0 Å². The van der Waals surface area contributed by atoms with E-state index in [1.165, 1.54) is 6.07 Å². The van der Waals surface area contributed by atoms with Gasteiger partial charge in [-0.3, -0.25) is 10.1 Å². The summed E-state index contributed by atoms with van der Waals surface area (Å²) in [5.41, 5.74) is 2.62. The number of ether oxygens (including phenoxy) is 1. The summed E-state index contributed by atoms with van der Waals surface area (Å²) in [7, 11) is 0. The normalized spacial score (nSPS) is 10.2. The lowest BCUT2D eigenvalue weighted by Gasteiger charge is -2.09. The van der Waals surface area contributed by atoms with Crippen molar-refractivity contribution in [3.63, 3.8) is 0 Å². The Morgan fingerprint density at radius 1 is 1.24 bits per heavy atom. The zero-order chi connectivity index (χ0) is 15.2. The van der Waals surface area contributed by atoms with Crippen LogP contribution < -0.4 is 10.1 Å². The van der Waals surface area contributed by atoms with Crippen LogP contribution in [0.15, 0.2) is 42.5 Å². The van der Waals surface area contributed by atoms with E-state index in [1.54, 1.807) is 12.1 Å². The van der Waals surface area contributed by atoms with E-state index in [-0.39, 0.29) is 10.6 Å². The Morgan fingerprint density at radius 2 is 2.05 bits per heavy atom. The number of hydrogen-bond donors (Lipinski definition) is 1. The van der Waals surface area contributed by atoms with Crippen molar-refractivity contribution >= 4 is 11.4 Å². The Labute approximate surface area is 123 Å². The summed E-state index contributed by atoms with van der Waals surface area (Å²) in [5, 5.41) is 14.0. The molecule has 0 saturated carbocycles. The highest BCUT2D eigenvalue weighted by atomic mass is 16.6. The van der Waals surface area contributed by atoms with E-state index in [0.717, 1.165) is 16.9 Å². The van der Waals surface area contributed by atoms with E-state index in [0.29, 0.717) is 18.8 Å².